The largest absolute Gasteiger partial charge is 0.453 e. The van der Waals surface area contributed by atoms with Crippen LogP contribution >= 0.6 is 7.60 Å². The molecule has 0 aliphatic carbocycles. The Hall–Kier alpha value is -1.28. The fourth-order valence-electron chi connectivity index (χ4n) is 2.93. The molecule has 1 heterocycles. The first-order valence-electron chi connectivity index (χ1n) is 9.04. The predicted octanol–water partition coefficient (Wildman–Crippen LogP) is 3.79. The van der Waals surface area contributed by atoms with Crippen LogP contribution in [0.1, 0.15) is 37.6 Å². The predicted molar refractivity (Wildman–Crippen MR) is 99.9 cm³/mol. The van der Waals surface area contributed by atoms with E-state index in [1.54, 1.807) is 32.0 Å². The summed E-state index contributed by atoms with van der Waals surface area (Å²) in [6.07, 6.45) is -3.33. The molecule has 154 valence electrons. The fraction of sp³-hybridized carbons (Fsp3) is 0.611. The summed E-state index contributed by atoms with van der Waals surface area (Å²) in [6.45, 7) is 4.14. The van der Waals surface area contributed by atoms with Crippen LogP contribution in [0.4, 0.5) is 8.78 Å². The third-order valence-corrected chi connectivity index (χ3v) is 6.54. The zero-order chi connectivity index (χ0) is 20.9. The monoisotopic (exact) mass is 416 g/mol. The molecule has 1 saturated heterocycles. The molecule has 1 aliphatic rings. The lowest BCUT2D eigenvalue weighted by Gasteiger charge is -2.28. The topological polar surface area (TPSA) is 71.1 Å². The van der Waals surface area contributed by atoms with Gasteiger partial charge in [0.05, 0.1) is 24.8 Å². The smallest absolute Gasteiger partial charge is 0.364 e. The van der Waals surface area contributed by atoms with Crippen molar-refractivity contribution in [2.24, 2.45) is 0 Å². The fourth-order valence-corrected chi connectivity index (χ4v) is 4.51. The number of halogens is 2. The summed E-state index contributed by atoms with van der Waals surface area (Å²) in [7, 11) is 1.57. The van der Waals surface area contributed by atoms with Gasteiger partial charge < -0.3 is 18.5 Å². The van der Waals surface area contributed by atoms with Gasteiger partial charge in [-0.15, -0.1) is 0 Å². The zero-order valence-corrected chi connectivity index (χ0v) is 16.9. The molecule has 1 aromatic rings. The van der Waals surface area contributed by atoms with Crippen molar-refractivity contribution < 1.29 is 36.7 Å². The maximum atomic E-state index is 15.1. The summed E-state index contributed by atoms with van der Waals surface area (Å²) in [5.74, 6) is -2.90. The summed E-state index contributed by atoms with van der Waals surface area (Å²) >= 11 is 0. The molecule has 28 heavy (non-hydrogen) atoms. The molecule has 2 rings (SSSR count). The molecule has 2 unspecified atom stereocenters. The Bertz CT molecular complexity index is 695. The van der Waals surface area contributed by atoms with Gasteiger partial charge in [-0.25, -0.2) is 13.6 Å². The van der Waals surface area contributed by atoms with Crippen LogP contribution in [0.25, 0.3) is 0 Å². The molecule has 6 nitrogen and oxygen atoms in total. The summed E-state index contributed by atoms with van der Waals surface area (Å²) < 4.78 is 63.0. The highest BCUT2D eigenvalue weighted by Gasteiger charge is 2.56. The van der Waals surface area contributed by atoms with E-state index in [9.17, 15) is 13.8 Å². The Morgan fingerprint density at radius 2 is 1.86 bits per heavy atom. The highest BCUT2D eigenvalue weighted by molar-refractivity contribution is 7.54. The Kier molecular flexibility index (Phi) is 7.79. The van der Waals surface area contributed by atoms with Crippen LogP contribution in [-0.2, 0) is 23.1 Å². The number of hydrogen-bond donors (Lipinski definition) is 0. The third kappa shape index (κ3) is 5.01. The van der Waals surface area contributed by atoms with E-state index in [1.165, 1.54) is 12.1 Å². The standard InChI is InChI=1S/C18H24BF2O6P/c1-4-24-28(23,25-5-2)14(20)11-13-15(18(3,21)17(19)26-13)27-16(22)12-9-7-6-8-10-12/h6-10,13-15,17H,4-5,11H2,1-3H3/t13-,14?,15+,17-,18?/m1/s1. The molecule has 0 N–H and O–H groups in total. The summed E-state index contributed by atoms with van der Waals surface area (Å²) in [6, 6.07) is 6.50. The Morgan fingerprint density at radius 1 is 1.29 bits per heavy atom. The first kappa shape index (κ1) is 23.0. The molecule has 0 saturated carbocycles. The average molecular weight is 416 g/mol. The van der Waals surface area contributed by atoms with Crippen LogP contribution in [0, 0.1) is 0 Å². The van der Waals surface area contributed by atoms with E-state index in [1.807, 2.05) is 0 Å². The highest BCUT2D eigenvalue weighted by Crippen LogP contribution is 2.56. The van der Waals surface area contributed by atoms with Crippen molar-refractivity contribution in [3.8, 4) is 0 Å². The maximum Gasteiger partial charge on any atom is 0.364 e. The van der Waals surface area contributed by atoms with E-state index in [-0.39, 0.29) is 18.8 Å². The van der Waals surface area contributed by atoms with Crippen molar-refractivity contribution in [1.82, 2.24) is 0 Å². The minimum atomic E-state index is -4.09. The second-order valence-corrected chi connectivity index (χ2v) is 8.64. The van der Waals surface area contributed by atoms with Crippen molar-refractivity contribution in [1.29, 1.82) is 0 Å². The minimum absolute atomic E-state index is 0.0318. The summed E-state index contributed by atoms with van der Waals surface area (Å²) in [5, 5.41) is 0. The minimum Gasteiger partial charge on any atom is -0.453 e. The molecule has 0 aromatic heterocycles. The van der Waals surface area contributed by atoms with Gasteiger partial charge in [0.25, 0.3) is 0 Å². The van der Waals surface area contributed by atoms with Crippen LogP contribution in [0.3, 0.4) is 0 Å². The molecular weight excluding hydrogens is 392 g/mol. The van der Waals surface area contributed by atoms with Crippen LogP contribution in [-0.4, -0.2) is 56.8 Å². The van der Waals surface area contributed by atoms with Crippen molar-refractivity contribution in [3.63, 3.8) is 0 Å². The van der Waals surface area contributed by atoms with Crippen LogP contribution in [0.15, 0.2) is 30.3 Å². The second-order valence-electron chi connectivity index (χ2n) is 6.48. The van der Waals surface area contributed by atoms with E-state index in [4.69, 9.17) is 26.4 Å². The molecule has 1 aliphatic heterocycles. The number of ether oxygens (including phenoxy) is 2. The van der Waals surface area contributed by atoms with Gasteiger partial charge in [-0.1, -0.05) is 18.2 Å². The van der Waals surface area contributed by atoms with Gasteiger partial charge in [-0.3, -0.25) is 4.57 Å². The molecule has 5 atom stereocenters. The average Bonchev–Trinajstić information content (AvgIpc) is 2.85. The second kappa shape index (κ2) is 9.48. The van der Waals surface area contributed by atoms with Gasteiger partial charge in [-0.05, 0) is 32.9 Å². The first-order valence-corrected chi connectivity index (χ1v) is 10.7. The van der Waals surface area contributed by atoms with Crippen molar-refractivity contribution >= 4 is 21.4 Å². The van der Waals surface area contributed by atoms with Crippen molar-refractivity contribution in [3.05, 3.63) is 35.9 Å². The molecule has 1 aromatic carbocycles. The van der Waals surface area contributed by atoms with Gasteiger partial charge >= 0.3 is 13.6 Å². The highest BCUT2D eigenvalue weighted by atomic mass is 31.2. The molecule has 2 radical (unpaired) electrons. The lowest BCUT2D eigenvalue weighted by Crippen LogP contribution is -2.45. The lowest BCUT2D eigenvalue weighted by atomic mass is 9.83. The SMILES string of the molecule is [B][C@@H]1O[C@H](CC(F)P(=O)(OCC)OCC)[C@H](OC(=O)c2ccccc2)C1(C)F. The Balaban J connectivity index is 2.19. The van der Waals surface area contributed by atoms with E-state index in [0.717, 1.165) is 6.92 Å². The number of rotatable bonds is 9. The molecule has 1 fully saturated rings. The normalized spacial score (nSPS) is 28.8. The van der Waals surface area contributed by atoms with Crippen molar-refractivity contribution in [2.45, 2.75) is 57.0 Å². The quantitative estimate of drug-likeness (QED) is 0.347. The third-order valence-electron chi connectivity index (χ3n) is 4.40. The number of carbonyl (C=O) groups excluding carboxylic acids is 1. The van der Waals surface area contributed by atoms with E-state index in [2.05, 4.69) is 0 Å². The Labute approximate surface area is 164 Å². The van der Waals surface area contributed by atoms with E-state index < -0.39 is 49.8 Å². The van der Waals surface area contributed by atoms with Crippen LogP contribution < -0.4 is 0 Å². The van der Waals surface area contributed by atoms with E-state index >= 15 is 4.39 Å². The van der Waals surface area contributed by atoms with Gasteiger partial charge in [0.2, 0.25) is 5.91 Å². The molecule has 0 amide bonds. The molecule has 10 heteroatoms. The number of hydrogen-bond acceptors (Lipinski definition) is 6. The number of esters is 1. The van der Waals surface area contributed by atoms with Crippen LogP contribution in [0.5, 0.6) is 0 Å². The summed E-state index contributed by atoms with van der Waals surface area (Å²) in [5.41, 5.74) is -2.07. The maximum absolute atomic E-state index is 15.1. The molecule has 0 spiro atoms. The van der Waals surface area contributed by atoms with Gasteiger partial charge in [-0.2, -0.15) is 0 Å². The zero-order valence-electron chi connectivity index (χ0n) is 16.0. The molecular formula is C18H24BF2O6P. The van der Waals surface area contributed by atoms with Crippen molar-refractivity contribution in [2.75, 3.05) is 13.2 Å². The van der Waals surface area contributed by atoms with Gasteiger partial charge in [0, 0.05) is 6.42 Å². The Morgan fingerprint density at radius 3 is 2.39 bits per heavy atom. The molecule has 0 bridgehead atoms. The number of benzene rings is 1. The van der Waals surface area contributed by atoms with Gasteiger partial charge in [0.15, 0.2) is 11.8 Å². The first-order chi connectivity index (χ1) is 13.2. The number of carbonyl (C=O) groups is 1. The van der Waals surface area contributed by atoms with Gasteiger partial charge in [0.1, 0.15) is 14.0 Å². The van der Waals surface area contributed by atoms with E-state index in [0.29, 0.717) is 0 Å². The lowest BCUT2D eigenvalue weighted by molar-refractivity contribution is -0.0285. The summed E-state index contributed by atoms with van der Waals surface area (Å²) in [4.78, 5) is 12.3. The van der Waals surface area contributed by atoms with Crippen LogP contribution in [0.2, 0.25) is 0 Å². The number of alkyl halides is 2.